The molecule has 1 unspecified atom stereocenters. The molecule has 3 atom stereocenters. The highest BCUT2D eigenvalue weighted by atomic mass is 79.9. The number of halogens is 4. The number of aromatic nitrogens is 1. The van der Waals surface area contributed by atoms with E-state index in [1.165, 1.54) is 6.20 Å². The minimum Gasteiger partial charge on any atom is -0.425 e. The second kappa shape index (κ2) is 9.96. The fourth-order valence-corrected chi connectivity index (χ4v) is 7.67. The molecule has 3 heterocycles. The van der Waals surface area contributed by atoms with E-state index >= 15 is 0 Å². The molecule has 2 saturated heterocycles. The normalized spacial score (nSPS) is 25.4. The van der Waals surface area contributed by atoms with Crippen LogP contribution in [0.3, 0.4) is 0 Å². The average molecular weight is 645 g/mol. The SMILES string of the molecule is N#CC1(NC(=O)O[C@H]2C[C@@H](S(=O)(=O)c3ccc(F)cc3Br)CN2C(=O)C2(c3ncc(Cl)cc3F)CCN2)CC1. The third-order valence-corrected chi connectivity index (χ3v) is 10.5. The minimum absolute atomic E-state index is 0.00301. The van der Waals surface area contributed by atoms with Gasteiger partial charge in [0, 0.05) is 23.6 Å². The lowest BCUT2D eigenvalue weighted by atomic mass is 9.82. The number of nitrogens with zero attached hydrogens (tertiary/aromatic N) is 3. The smallest absolute Gasteiger partial charge is 0.410 e. The van der Waals surface area contributed by atoms with Crippen LogP contribution >= 0.6 is 27.5 Å². The summed E-state index contributed by atoms with van der Waals surface area (Å²) in [6.45, 7) is -0.0464. The summed E-state index contributed by atoms with van der Waals surface area (Å²) >= 11 is 8.91. The van der Waals surface area contributed by atoms with Crippen LogP contribution in [0.2, 0.25) is 5.02 Å². The Bertz CT molecular complexity index is 1510. The van der Waals surface area contributed by atoms with Gasteiger partial charge in [-0.3, -0.25) is 15.1 Å². The summed E-state index contributed by atoms with van der Waals surface area (Å²) in [5.41, 5.74) is -2.92. The molecule has 5 rings (SSSR count). The maximum absolute atomic E-state index is 14.9. The van der Waals surface area contributed by atoms with Crippen molar-refractivity contribution in [3.8, 4) is 6.07 Å². The largest absolute Gasteiger partial charge is 0.425 e. The number of hydrogen-bond donors (Lipinski definition) is 2. The third-order valence-electron chi connectivity index (χ3n) is 7.16. The Morgan fingerprint density at radius 1 is 1.28 bits per heavy atom. The fourth-order valence-electron chi connectivity index (χ4n) is 4.77. The molecule has 1 aliphatic carbocycles. The quantitative estimate of drug-likeness (QED) is 0.457. The molecule has 1 aromatic carbocycles. The Morgan fingerprint density at radius 3 is 2.56 bits per heavy atom. The van der Waals surface area contributed by atoms with Gasteiger partial charge in [-0.15, -0.1) is 0 Å². The summed E-state index contributed by atoms with van der Waals surface area (Å²) < 4.78 is 61.1. The standard InChI is InChI=1S/C24H21BrClF2N5O5S/c25-16-8-14(27)1-2-18(16)39(36,37)15-9-19(38-22(35)32-23(12-29)3-4-23)33(11-15)21(34)24(5-6-31-24)20-17(28)7-13(26)10-30-20/h1-2,7-8,10,15,19,31H,3-6,9,11H2,(H,32,35)/t15-,19+,24?/m1/s1. The molecule has 2 amide bonds. The van der Waals surface area contributed by atoms with Gasteiger partial charge in [0.2, 0.25) is 0 Å². The highest BCUT2D eigenvalue weighted by molar-refractivity contribution is 9.10. The highest BCUT2D eigenvalue weighted by Crippen LogP contribution is 2.40. The van der Waals surface area contributed by atoms with Crippen LogP contribution in [-0.4, -0.2) is 60.4 Å². The predicted octanol–water partition coefficient (Wildman–Crippen LogP) is 3.15. The average Bonchev–Trinajstić information content (AvgIpc) is 3.47. The summed E-state index contributed by atoms with van der Waals surface area (Å²) in [6.07, 6.45) is -0.476. The summed E-state index contributed by atoms with van der Waals surface area (Å²) in [4.78, 5) is 31.5. The van der Waals surface area contributed by atoms with E-state index in [0.29, 0.717) is 19.4 Å². The lowest BCUT2D eigenvalue weighted by Gasteiger charge is -2.44. The van der Waals surface area contributed by atoms with Crippen molar-refractivity contribution in [2.24, 2.45) is 0 Å². The van der Waals surface area contributed by atoms with Crippen molar-refractivity contribution in [2.75, 3.05) is 13.1 Å². The number of amides is 2. The fraction of sp³-hybridized carbons (Fsp3) is 0.417. The van der Waals surface area contributed by atoms with Crippen LogP contribution in [0.15, 0.2) is 39.8 Å². The van der Waals surface area contributed by atoms with Gasteiger partial charge in [0.1, 0.15) is 28.4 Å². The number of sulfone groups is 1. The molecule has 3 fully saturated rings. The van der Waals surface area contributed by atoms with Gasteiger partial charge in [0.05, 0.1) is 21.2 Å². The van der Waals surface area contributed by atoms with Crippen molar-refractivity contribution in [3.05, 3.63) is 57.3 Å². The molecule has 0 bridgehead atoms. The van der Waals surface area contributed by atoms with E-state index in [4.69, 9.17) is 16.3 Å². The van der Waals surface area contributed by atoms with Crippen LogP contribution in [0.25, 0.3) is 0 Å². The van der Waals surface area contributed by atoms with Crippen molar-refractivity contribution in [3.63, 3.8) is 0 Å². The van der Waals surface area contributed by atoms with E-state index in [1.54, 1.807) is 0 Å². The zero-order valence-corrected chi connectivity index (χ0v) is 23.2. The van der Waals surface area contributed by atoms with E-state index < -0.39 is 62.6 Å². The molecular formula is C24H21BrClF2N5O5S. The van der Waals surface area contributed by atoms with E-state index in [1.807, 2.05) is 6.07 Å². The Kier molecular flexibility index (Phi) is 7.07. The molecular weight excluding hydrogens is 624 g/mol. The van der Waals surface area contributed by atoms with E-state index in [2.05, 4.69) is 31.5 Å². The number of carbonyl (C=O) groups excluding carboxylic acids is 2. The molecule has 0 spiro atoms. The summed E-state index contributed by atoms with van der Waals surface area (Å²) in [6, 6.07) is 6.11. The van der Waals surface area contributed by atoms with Crippen molar-refractivity contribution in [1.29, 1.82) is 5.26 Å². The molecule has 10 nitrogen and oxygen atoms in total. The molecule has 3 aliphatic rings. The number of likely N-dealkylation sites (tertiary alicyclic amines) is 1. The monoisotopic (exact) mass is 643 g/mol. The number of alkyl carbamates (subject to hydrolysis) is 1. The van der Waals surface area contributed by atoms with E-state index in [-0.39, 0.29) is 32.9 Å². The molecule has 1 aromatic heterocycles. The Morgan fingerprint density at radius 2 is 2.00 bits per heavy atom. The number of nitriles is 1. The van der Waals surface area contributed by atoms with Gasteiger partial charge in [0.25, 0.3) is 5.91 Å². The third kappa shape index (κ3) is 4.97. The van der Waals surface area contributed by atoms with Gasteiger partial charge >= 0.3 is 6.09 Å². The number of pyridine rings is 1. The topological polar surface area (TPSA) is 141 Å². The molecule has 0 radical (unpaired) electrons. The summed E-state index contributed by atoms with van der Waals surface area (Å²) in [5.74, 6) is -2.22. The van der Waals surface area contributed by atoms with Crippen LogP contribution in [0.4, 0.5) is 13.6 Å². The van der Waals surface area contributed by atoms with Crippen LogP contribution in [0.5, 0.6) is 0 Å². The van der Waals surface area contributed by atoms with Crippen LogP contribution in [-0.2, 0) is 24.9 Å². The molecule has 206 valence electrons. The van der Waals surface area contributed by atoms with Gasteiger partial charge in [-0.25, -0.2) is 22.0 Å². The van der Waals surface area contributed by atoms with Gasteiger partial charge in [-0.1, -0.05) is 11.6 Å². The van der Waals surface area contributed by atoms with Gasteiger partial charge in [-0.2, -0.15) is 5.26 Å². The van der Waals surface area contributed by atoms with E-state index in [0.717, 1.165) is 29.2 Å². The maximum atomic E-state index is 14.9. The molecule has 2 aliphatic heterocycles. The number of ether oxygens (including phenoxy) is 1. The molecule has 2 aromatic rings. The maximum Gasteiger partial charge on any atom is 0.410 e. The van der Waals surface area contributed by atoms with Gasteiger partial charge in [0.15, 0.2) is 16.1 Å². The Labute approximate surface area is 235 Å². The van der Waals surface area contributed by atoms with Crippen LogP contribution in [0, 0.1) is 23.0 Å². The first-order chi connectivity index (χ1) is 18.4. The minimum atomic E-state index is -4.16. The van der Waals surface area contributed by atoms with Crippen LogP contribution in [0.1, 0.15) is 31.4 Å². The van der Waals surface area contributed by atoms with Gasteiger partial charge in [-0.05, 0) is 66.0 Å². The van der Waals surface area contributed by atoms with Crippen molar-refractivity contribution < 1.29 is 31.5 Å². The van der Waals surface area contributed by atoms with Crippen LogP contribution < -0.4 is 10.6 Å². The van der Waals surface area contributed by atoms with E-state index in [9.17, 15) is 32.0 Å². The van der Waals surface area contributed by atoms with Crippen molar-refractivity contribution >= 4 is 49.4 Å². The highest BCUT2D eigenvalue weighted by Gasteiger charge is 2.56. The zero-order valence-electron chi connectivity index (χ0n) is 20.1. The number of hydrogen-bond acceptors (Lipinski definition) is 8. The van der Waals surface area contributed by atoms with Crippen molar-refractivity contribution in [1.82, 2.24) is 20.5 Å². The zero-order chi connectivity index (χ0) is 28.2. The molecule has 2 N–H and O–H groups in total. The first-order valence-electron chi connectivity index (χ1n) is 11.9. The Hall–Kier alpha value is -2.86. The van der Waals surface area contributed by atoms with Gasteiger partial charge < -0.3 is 15.0 Å². The number of nitrogens with one attached hydrogen (secondary N) is 2. The predicted molar refractivity (Wildman–Crippen MR) is 136 cm³/mol. The number of carbonyl (C=O) groups is 2. The first-order valence-corrected chi connectivity index (χ1v) is 14.6. The first kappa shape index (κ1) is 27.7. The second-order valence-electron chi connectivity index (χ2n) is 9.68. The lowest BCUT2D eigenvalue weighted by Crippen LogP contribution is -2.65. The summed E-state index contributed by atoms with van der Waals surface area (Å²) in [7, 11) is -4.16. The second-order valence-corrected chi connectivity index (χ2v) is 13.2. The molecule has 1 saturated carbocycles. The Balaban J connectivity index is 1.48. The number of rotatable bonds is 6. The lowest BCUT2D eigenvalue weighted by molar-refractivity contribution is -0.149. The number of benzene rings is 1. The molecule has 15 heteroatoms. The van der Waals surface area contributed by atoms with Crippen molar-refractivity contribution in [2.45, 2.75) is 53.1 Å². The molecule has 39 heavy (non-hydrogen) atoms. The summed E-state index contributed by atoms with van der Waals surface area (Å²) in [5, 5.41) is 13.4.